The van der Waals surface area contributed by atoms with Gasteiger partial charge < -0.3 is 14.5 Å². The smallest absolute Gasteiger partial charge is 0.272 e. The molecule has 1 unspecified atom stereocenters. The fourth-order valence-corrected chi connectivity index (χ4v) is 4.52. The number of nitrogens with zero attached hydrogens (tertiary/aromatic N) is 3. The van der Waals surface area contributed by atoms with Crippen LogP contribution in [0.5, 0.6) is 0 Å². The van der Waals surface area contributed by atoms with Gasteiger partial charge in [0, 0.05) is 44.9 Å². The van der Waals surface area contributed by atoms with Gasteiger partial charge in [0.05, 0.1) is 5.60 Å². The van der Waals surface area contributed by atoms with Gasteiger partial charge in [0.2, 0.25) is 5.91 Å². The number of carbonyl (C=O) groups excluding carboxylic acids is 2. The lowest BCUT2D eigenvalue weighted by molar-refractivity contribution is -0.148. The molecule has 1 saturated carbocycles. The first kappa shape index (κ1) is 17.5. The van der Waals surface area contributed by atoms with Gasteiger partial charge in [0.15, 0.2) is 0 Å². The molecule has 2 amide bonds. The molecule has 0 radical (unpaired) electrons. The molecule has 1 atom stereocenters. The van der Waals surface area contributed by atoms with E-state index in [4.69, 9.17) is 4.74 Å². The monoisotopic (exact) mass is 357 g/mol. The number of amides is 2. The van der Waals surface area contributed by atoms with Gasteiger partial charge in [0.1, 0.15) is 5.69 Å². The van der Waals surface area contributed by atoms with E-state index in [1.807, 2.05) is 17.0 Å². The molecule has 1 spiro atoms. The molecule has 1 aliphatic carbocycles. The van der Waals surface area contributed by atoms with E-state index in [-0.39, 0.29) is 23.5 Å². The Morgan fingerprint density at radius 3 is 2.58 bits per heavy atom. The standard InChI is InChI=1S/C20H27N3O3/c1-15(24)23(16-5-6-16)17-7-13-26-20(14-17)8-11-22(12-9-20)19(25)18-4-2-3-10-21-18/h2-4,10,16-17H,5-9,11-14H2,1H3. The molecule has 6 nitrogen and oxygen atoms in total. The summed E-state index contributed by atoms with van der Waals surface area (Å²) >= 11 is 0. The molecule has 0 bridgehead atoms. The van der Waals surface area contributed by atoms with Gasteiger partial charge in [-0.1, -0.05) is 6.07 Å². The lowest BCUT2D eigenvalue weighted by Crippen LogP contribution is -2.55. The van der Waals surface area contributed by atoms with Crippen molar-refractivity contribution in [2.75, 3.05) is 19.7 Å². The summed E-state index contributed by atoms with van der Waals surface area (Å²) < 4.78 is 6.21. The maximum Gasteiger partial charge on any atom is 0.272 e. The van der Waals surface area contributed by atoms with E-state index in [1.54, 1.807) is 19.2 Å². The Hall–Kier alpha value is -1.95. The second-order valence-electron chi connectivity index (χ2n) is 7.84. The van der Waals surface area contributed by atoms with Crippen LogP contribution in [0.1, 0.15) is 55.9 Å². The van der Waals surface area contributed by atoms with Crippen LogP contribution in [0.25, 0.3) is 0 Å². The Labute approximate surface area is 154 Å². The Morgan fingerprint density at radius 2 is 1.96 bits per heavy atom. The number of carbonyl (C=O) groups is 2. The molecule has 2 saturated heterocycles. The van der Waals surface area contributed by atoms with Gasteiger partial charge in [-0.25, -0.2) is 0 Å². The van der Waals surface area contributed by atoms with Crippen molar-refractivity contribution >= 4 is 11.8 Å². The zero-order chi connectivity index (χ0) is 18.1. The van der Waals surface area contributed by atoms with Crippen LogP contribution in [0.3, 0.4) is 0 Å². The third-order valence-electron chi connectivity index (χ3n) is 6.01. The van der Waals surface area contributed by atoms with Crippen LogP contribution in [0.2, 0.25) is 0 Å². The first-order valence-electron chi connectivity index (χ1n) is 9.71. The summed E-state index contributed by atoms with van der Waals surface area (Å²) in [7, 11) is 0. The van der Waals surface area contributed by atoms with E-state index in [0.717, 1.165) is 38.5 Å². The molecule has 26 heavy (non-hydrogen) atoms. The summed E-state index contributed by atoms with van der Waals surface area (Å²) in [6, 6.07) is 6.15. The average Bonchev–Trinajstić information content (AvgIpc) is 3.47. The Kier molecular flexibility index (Phi) is 4.69. The van der Waals surface area contributed by atoms with Gasteiger partial charge in [-0.05, 0) is 50.7 Å². The fraction of sp³-hybridized carbons (Fsp3) is 0.650. The van der Waals surface area contributed by atoms with Crippen LogP contribution in [0, 0.1) is 0 Å². The normalized spacial score (nSPS) is 25.1. The number of likely N-dealkylation sites (tertiary alicyclic amines) is 1. The van der Waals surface area contributed by atoms with E-state index in [1.165, 1.54) is 0 Å². The van der Waals surface area contributed by atoms with Crippen molar-refractivity contribution in [2.45, 2.75) is 63.1 Å². The summed E-state index contributed by atoms with van der Waals surface area (Å²) in [5.74, 6) is 0.188. The molecule has 2 aliphatic heterocycles. The number of aromatic nitrogens is 1. The summed E-state index contributed by atoms with van der Waals surface area (Å²) in [5, 5.41) is 0. The zero-order valence-corrected chi connectivity index (χ0v) is 15.4. The van der Waals surface area contributed by atoms with E-state index < -0.39 is 0 Å². The maximum absolute atomic E-state index is 12.6. The third-order valence-corrected chi connectivity index (χ3v) is 6.01. The Balaban J connectivity index is 1.40. The SMILES string of the molecule is CC(=O)N(C1CC1)C1CCOC2(CCN(C(=O)c3ccccn3)CC2)C1. The number of rotatable bonds is 3. The summed E-state index contributed by atoms with van der Waals surface area (Å²) in [4.78, 5) is 32.9. The highest BCUT2D eigenvalue weighted by atomic mass is 16.5. The van der Waals surface area contributed by atoms with E-state index >= 15 is 0 Å². The number of ether oxygens (including phenoxy) is 1. The Bertz CT molecular complexity index is 666. The first-order valence-corrected chi connectivity index (χ1v) is 9.71. The van der Waals surface area contributed by atoms with Gasteiger partial charge >= 0.3 is 0 Å². The number of hydrogen-bond donors (Lipinski definition) is 0. The summed E-state index contributed by atoms with van der Waals surface area (Å²) in [5.41, 5.74) is 0.314. The van der Waals surface area contributed by atoms with Gasteiger partial charge in [0.25, 0.3) is 5.91 Å². The van der Waals surface area contributed by atoms with E-state index in [9.17, 15) is 9.59 Å². The van der Waals surface area contributed by atoms with Crippen molar-refractivity contribution in [3.8, 4) is 0 Å². The highest BCUT2D eigenvalue weighted by Crippen LogP contribution is 2.40. The largest absolute Gasteiger partial charge is 0.375 e. The van der Waals surface area contributed by atoms with Gasteiger partial charge in [-0.15, -0.1) is 0 Å². The highest BCUT2D eigenvalue weighted by molar-refractivity contribution is 5.92. The van der Waals surface area contributed by atoms with Crippen molar-refractivity contribution in [1.82, 2.24) is 14.8 Å². The van der Waals surface area contributed by atoms with Crippen LogP contribution in [0.4, 0.5) is 0 Å². The topological polar surface area (TPSA) is 62.7 Å². The first-order chi connectivity index (χ1) is 12.6. The van der Waals surface area contributed by atoms with Crippen molar-refractivity contribution in [2.24, 2.45) is 0 Å². The van der Waals surface area contributed by atoms with Crippen LogP contribution in [0.15, 0.2) is 24.4 Å². The quantitative estimate of drug-likeness (QED) is 0.832. The van der Waals surface area contributed by atoms with Crippen LogP contribution in [-0.2, 0) is 9.53 Å². The minimum Gasteiger partial charge on any atom is -0.375 e. The second-order valence-corrected chi connectivity index (χ2v) is 7.84. The van der Waals surface area contributed by atoms with Crippen molar-refractivity contribution in [1.29, 1.82) is 0 Å². The third kappa shape index (κ3) is 3.47. The van der Waals surface area contributed by atoms with Crippen molar-refractivity contribution in [3.63, 3.8) is 0 Å². The zero-order valence-electron chi connectivity index (χ0n) is 15.4. The molecule has 1 aromatic heterocycles. The molecule has 4 rings (SSSR count). The second kappa shape index (κ2) is 6.99. The molecule has 3 aliphatic rings. The molecule has 140 valence electrons. The number of piperidine rings is 1. The van der Waals surface area contributed by atoms with Gasteiger partial charge in [-0.2, -0.15) is 0 Å². The molecule has 0 aromatic carbocycles. The predicted molar refractivity (Wildman–Crippen MR) is 96.6 cm³/mol. The summed E-state index contributed by atoms with van der Waals surface area (Å²) in [6.45, 7) is 3.77. The lowest BCUT2D eigenvalue weighted by Gasteiger charge is -2.48. The Morgan fingerprint density at radius 1 is 1.19 bits per heavy atom. The van der Waals surface area contributed by atoms with Crippen LogP contribution in [-0.4, -0.2) is 64.0 Å². The predicted octanol–water partition coefficient (Wildman–Crippen LogP) is 2.25. The van der Waals surface area contributed by atoms with E-state index in [2.05, 4.69) is 9.88 Å². The van der Waals surface area contributed by atoms with E-state index in [0.29, 0.717) is 31.4 Å². The molecule has 3 heterocycles. The molecular formula is C20H27N3O3. The minimum atomic E-state index is -0.188. The maximum atomic E-state index is 12.6. The number of pyridine rings is 1. The van der Waals surface area contributed by atoms with Crippen molar-refractivity contribution in [3.05, 3.63) is 30.1 Å². The molecule has 1 aromatic rings. The molecule has 6 heteroatoms. The summed E-state index contributed by atoms with van der Waals surface area (Å²) in [6.07, 6.45) is 7.41. The average molecular weight is 357 g/mol. The lowest BCUT2D eigenvalue weighted by atomic mass is 9.81. The van der Waals surface area contributed by atoms with Crippen LogP contribution < -0.4 is 0 Å². The molecule has 0 N–H and O–H groups in total. The molecule has 3 fully saturated rings. The van der Waals surface area contributed by atoms with Gasteiger partial charge in [-0.3, -0.25) is 14.6 Å². The highest BCUT2D eigenvalue weighted by Gasteiger charge is 2.45. The molecular weight excluding hydrogens is 330 g/mol. The van der Waals surface area contributed by atoms with Crippen molar-refractivity contribution < 1.29 is 14.3 Å². The minimum absolute atomic E-state index is 0.00356. The fourth-order valence-electron chi connectivity index (χ4n) is 4.52. The number of hydrogen-bond acceptors (Lipinski definition) is 4. The van der Waals surface area contributed by atoms with Crippen LogP contribution >= 0.6 is 0 Å².